The van der Waals surface area contributed by atoms with E-state index in [1.165, 1.54) is 0 Å². The average molecular weight is 408 g/mol. The van der Waals surface area contributed by atoms with Crippen molar-refractivity contribution in [1.29, 1.82) is 0 Å². The Balaban J connectivity index is 1.76. The molecule has 0 saturated carbocycles. The molecule has 2 heterocycles. The van der Waals surface area contributed by atoms with Crippen LogP contribution >= 0.6 is 0 Å². The molecule has 3 aromatic carbocycles. The summed E-state index contributed by atoms with van der Waals surface area (Å²) in [5.41, 5.74) is 15.8. The van der Waals surface area contributed by atoms with Gasteiger partial charge >= 0.3 is 6.03 Å². The van der Waals surface area contributed by atoms with Crippen LogP contribution in [-0.4, -0.2) is 20.7 Å². The molecular formula is C24H18N5O2. The summed E-state index contributed by atoms with van der Waals surface area (Å²) in [6, 6.07) is 24.2. The summed E-state index contributed by atoms with van der Waals surface area (Å²) in [5, 5.41) is 15.8. The van der Waals surface area contributed by atoms with Crippen LogP contribution in [0.1, 0.15) is 0 Å². The highest BCUT2D eigenvalue weighted by molar-refractivity contribution is 6.06. The maximum Gasteiger partial charge on any atom is 0.326 e. The molecule has 7 heteroatoms. The summed E-state index contributed by atoms with van der Waals surface area (Å²) < 4.78 is 1.07. The Kier molecular flexibility index (Phi) is 4.22. The van der Waals surface area contributed by atoms with Crippen molar-refractivity contribution in [3.05, 3.63) is 78.9 Å². The molecule has 5 rings (SSSR count). The quantitative estimate of drug-likeness (QED) is 0.325. The van der Waals surface area contributed by atoms with Crippen molar-refractivity contribution in [2.24, 2.45) is 5.73 Å². The average Bonchev–Trinajstić information content (AvgIpc) is 3.07. The lowest BCUT2D eigenvalue weighted by Crippen LogP contribution is -2.18. The molecule has 7 nitrogen and oxygen atoms in total. The molecule has 0 bridgehead atoms. The number of primary amides is 1. The molecule has 6 N–H and O–H groups in total. The van der Waals surface area contributed by atoms with Crippen molar-refractivity contribution >= 4 is 44.9 Å². The van der Waals surface area contributed by atoms with Crippen molar-refractivity contribution in [2.75, 3.05) is 11.1 Å². The second kappa shape index (κ2) is 7.07. The zero-order valence-corrected chi connectivity index (χ0v) is 16.3. The Morgan fingerprint density at radius 1 is 1.06 bits per heavy atom. The standard InChI is InChI=1S/C24H18N5O2/c25-14-9-11-15(12-10-14)27-19-13-20(28-18-7-3-1-5-16(18)19)22-17-6-2-4-8-21(17)29(23(22)30)24(26)31/h1,3-13,30H,25H2,(H2,26,31)(H,27,28). The smallest absolute Gasteiger partial charge is 0.326 e. The summed E-state index contributed by atoms with van der Waals surface area (Å²) in [5.74, 6) is -0.261. The lowest BCUT2D eigenvalue weighted by molar-refractivity contribution is 0.248. The number of rotatable bonds is 3. The van der Waals surface area contributed by atoms with Gasteiger partial charge in [-0.25, -0.2) is 14.3 Å². The van der Waals surface area contributed by atoms with Crippen LogP contribution in [0.3, 0.4) is 0 Å². The van der Waals surface area contributed by atoms with Crippen molar-refractivity contribution in [3.8, 4) is 17.1 Å². The third kappa shape index (κ3) is 3.08. The number of aromatic hydroxyl groups is 1. The number of aromatic nitrogens is 2. The normalized spacial score (nSPS) is 11.1. The zero-order chi connectivity index (χ0) is 21.5. The Bertz CT molecular complexity index is 1450. The van der Waals surface area contributed by atoms with E-state index in [-0.39, 0.29) is 5.88 Å². The molecule has 1 radical (unpaired) electrons. The predicted molar refractivity (Wildman–Crippen MR) is 122 cm³/mol. The molecular weight excluding hydrogens is 390 g/mol. The van der Waals surface area contributed by atoms with E-state index in [1.54, 1.807) is 18.2 Å². The monoisotopic (exact) mass is 408 g/mol. The first-order valence-corrected chi connectivity index (χ1v) is 9.59. The first kappa shape index (κ1) is 18.5. The van der Waals surface area contributed by atoms with Crippen molar-refractivity contribution in [1.82, 2.24) is 9.55 Å². The van der Waals surface area contributed by atoms with E-state index in [9.17, 15) is 9.90 Å². The molecule has 0 unspecified atom stereocenters. The molecule has 31 heavy (non-hydrogen) atoms. The first-order chi connectivity index (χ1) is 15.0. The number of carbonyl (C=O) groups excluding carboxylic acids is 1. The minimum atomic E-state index is -0.777. The molecule has 0 fully saturated rings. The van der Waals surface area contributed by atoms with Crippen LogP contribution in [0.15, 0.2) is 72.8 Å². The maximum absolute atomic E-state index is 12.0. The van der Waals surface area contributed by atoms with Crippen molar-refractivity contribution in [3.63, 3.8) is 0 Å². The van der Waals surface area contributed by atoms with Gasteiger partial charge in [0, 0.05) is 22.1 Å². The largest absolute Gasteiger partial charge is 0.494 e. The summed E-state index contributed by atoms with van der Waals surface area (Å²) >= 11 is 0. The molecule has 0 aliphatic heterocycles. The molecule has 2 aromatic heterocycles. The fourth-order valence-corrected chi connectivity index (χ4v) is 3.77. The minimum absolute atomic E-state index is 0.261. The number of pyridine rings is 1. The molecule has 0 spiro atoms. The van der Waals surface area contributed by atoms with E-state index < -0.39 is 6.03 Å². The third-order valence-electron chi connectivity index (χ3n) is 5.17. The number of nitrogens with one attached hydrogen (secondary N) is 1. The molecule has 1 amide bonds. The van der Waals surface area contributed by atoms with Gasteiger partial charge in [0.05, 0.1) is 28.0 Å². The number of nitrogens with two attached hydrogens (primary N) is 2. The minimum Gasteiger partial charge on any atom is -0.494 e. The van der Waals surface area contributed by atoms with E-state index >= 15 is 0 Å². The van der Waals surface area contributed by atoms with Crippen molar-refractivity contribution < 1.29 is 9.90 Å². The molecule has 0 aliphatic rings. The van der Waals surface area contributed by atoms with Gasteiger partial charge < -0.3 is 21.9 Å². The Morgan fingerprint density at radius 3 is 2.61 bits per heavy atom. The molecule has 151 valence electrons. The lowest BCUT2D eigenvalue weighted by Gasteiger charge is -2.12. The summed E-state index contributed by atoms with van der Waals surface area (Å²) in [7, 11) is 0. The van der Waals surface area contributed by atoms with Gasteiger partial charge in [-0.3, -0.25) is 0 Å². The first-order valence-electron chi connectivity index (χ1n) is 9.59. The number of hydrogen-bond donors (Lipinski definition) is 4. The van der Waals surface area contributed by atoms with E-state index in [0.717, 1.165) is 26.8 Å². The van der Waals surface area contributed by atoms with Gasteiger partial charge in [-0.05, 0) is 54.6 Å². The van der Waals surface area contributed by atoms with Crippen molar-refractivity contribution in [2.45, 2.75) is 0 Å². The fraction of sp³-hybridized carbons (Fsp3) is 0. The third-order valence-corrected chi connectivity index (χ3v) is 5.17. The fourth-order valence-electron chi connectivity index (χ4n) is 3.77. The van der Waals surface area contributed by atoms with Gasteiger partial charge in [0.25, 0.3) is 0 Å². The number of benzene rings is 3. The SMILES string of the molecule is NC(=O)n1c(O)c(-c2cc(Nc3ccc(N)cc3)c3ccccc3n2)c2c[c]ccc21. The van der Waals surface area contributed by atoms with Crippen LogP contribution in [0.2, 0.25) is 0 Å². The van der Waals surface area contributed by atoms with Crippen LogP contribution in [0, 0.1) is 6.07 Å². The molecule has 0 saturated heterocycles. The van der Waals surface area contributed by atoms with Crippen LogP contribution in [0.5, 0.6) is 5.88 Å². The van der Waals surface area contributed by atoms with Crippen LogP contribution < -0.4 is 16.8 Å². The topological polar surface area (TPSA) is 119 Å². The predicted octanol–water partition coefficient (Wildman–Crippen LogP) is 4.61. The van der Waals surface area contributed by atoms with Gasteiger partial charge in [-0.15, -0.1) is 0 Å². The number of para-hydroxylation sites is 1. The molecule has 5 aromatic rings. The maximum atomic E-state index is 12.0. The van der Waals surface area contributed by atoms with E-state index in [1.807, 2.05) is 54.6 Å². The number of amides is 1. The highest BCUT2D eigenvalue weighted by atomic mass is 16.3. The van der Waals surface area contributed by atoms with E-state index in [4.69, 9.17) is 16.5 Å². The summed E-state index contributed by atoms with van der Waals surface area (Å²) in [4.78, 5) is 16.7. The zero-order valence-electron chi connectivity index (χ0n) is 16.3. The molecule has 0 aliphatic carbocycles. The van der Waals surface area contributed by atoms with Gasteiger partial charge in [0.1, 0.15) is 0 Å². The number of nitrogens with zero attached hydrogens (tertiary/aromatic N) is 2. The Hall–Kier alpha value is -4.52. The number of hydrogen-bond acceptors (Lipinski definition) is 5. The van der Waals surface area contributed by atoms with Gasteiger partial charge in [-0.1, -0.05) is 24.3 Å². The van der Waals surface area contributed by atoms with E-state index in [0.29, 0.717) is 27.8 Å². The lowest BCUT2D eigenvalue weighted by atomic mass is 10.1. The van der Waals surface area contributed by atoms with Gasteiger partial charge in [0.15, 0.2) is 0 Å². The van der Waals surface area contributed by atoms with Gasteiger partial charge in [0.2, 0.25) is 5.88 Å². The highest BCUT2D eigenvalue weighted by Crippen LogP contribution is 2.40. The Morgan fingerprint density at radius 2 is 1.84 bits per heavy atom. The number of anilines is 3. The molecule has 0 atom stereocenters. The highest BCUT2D eigenvalue weighted by Gasteiger charge is 2.22. The number of fused-ring (bicyclic) bond motifs is 2. The summed E-state index contributed by atoms with van der Waals surface area (Å²) in [6.45, 7) is 0. The second-order valence-corrected chi connectivity index (χ2v) is 7.13. The summed E-state index contributed by atoms with van der Waals surface area (Å²) in [6.07, 6.45) is 0. The second-order valence-electron chi connectivity index (χ2n) is 7.13. The van der Waals surface area contributed by atoms with Gasteiger partial charge in [-0.2, -0.15) is 0 Å². The van der Waals surface area contributed by atoms with Crippen LogP contribution in [0.4, 0.5) is 21.9 Å². The van der Waals surface area contributed by atoms with Crippen LogP contribution in [0.25, 0.3) is 33.1 Å². The van der Waals surface area contributed by atoms with Crippen LogP contribution in [-0.2, 0) is 0 Å². The Labute approximate surface area is 177 Å². The number of carbonyl (C=O) groups is 1. The van der Waals surface area contributed by atoms with E-state index in [2.05, 4.69) is 11.4 Å². The number of nitrogen functional groups attached to an aromatic ring is 1.